The molecule has 0 fully saturated rings. The first kappa shape index (κ1) is 19.0. The van der Waals surface area contributed by atoms with E-state index in [0.29, 0.717) is 11.1 Å². The summed E-state index contributed by atoms with van der Waals surface area (Å²) < 4.78 is 5.32. The highest BCUT2D eigenvalue weighted by atomic mass is 16.5. The fraction of sp³-hybridized carbons (Fsp3) is 0.0870. The van der Waals surface area contributed by atoms with E-state index in [4.69, 9.17) is 4.74 Å². The van der Waals surface area contributed by atoms with Gasteiger partial charge in [-0.2, -0.15) is 0 Å². The summed E-state index contributed by atoms with van der Waals surface area (Å²) in [6.45, 7) is 1.54. The number of hydrogen-bond acceptors (Lipinski definition) is 5. The van der Waals surface area contributed by atoms with Crippen LogP contribution >= 0.6 is 0 Å². The Bertz CT molecular complexity index is 1020. The number of benzene rings is 3. The maximum atomic E-state index is 12.5. The van der Waals surface area contributed by atoms with Crippen LogP contribution in [0.1, 0.15) is 43.1 Å². The second-order valence-corrected chi connectivity index (χ2v) is 6.23. The topological polar surface area (TPSA) is 80.7 Å². The van der Waals surface area contributed by atoms with Gasteiger partial charge >= 0.3 is 5.97 Å². The summed E-state index contributed by atoms with van der Waals surface area (Å²) in [7, 11) is 0. The van der Waals surface area contributed by atoms with Crippen molar-refractivity contribution in [1.29, 1.82) is 0 Å². The van der Waals surface area contributed by atoms with Gasteiger partial charge < -0.3 is 9.84 Å². The lowest BCUT2D eigenvalue weighted by Crippen LogP contribution is -2.11. The van der Waals surface area contributed by atoms with Crippen LogP contribution in [0.4, 0.5) is 0 Å². The molecule has 0 spiro atoms. The Balaban J connectivity index is 1.77. The molecule has 0 unspecified atom stereocenters. The molecule has 0 aromatic heterocycles. The van der Waals surface area contributed by atoms with Crippen LogP contribution in [0.3, 0.4) is 0 Å². The van der Waals surface area contributed by atoms with Crippen molar-refractivity contribution >= 4 is 17.5 Å². The molecule has 0 amide bonds. The summed E-state index contributed by atoms with van der Waals surface area (Å²) in [4.78, 5) is 36.9. The molecule has 5 nitrogen and oxygen atoms in total. The number of phenolic OH excluding ortho intramolecular Hbond substituents is 1. The van der Waals surface area contributed by atoms with Crippen LogP contribution in [-0.4, -0.2) is 22.6 Å². The second-order valence-electron chi connectivity index (χ2n) is 6.23. The highest BCUT2D eigenvalue weighted by Gasteiger charge is 2.20. The van der Waals surface area contributed by atoms with Crippen molar-refractivity contribution in [2.24, 2.45) is 0 Å². The van der Waals surface area contributed by atoms with Crippen LogP contribution in [0.25, 0.3) is 0 Å². The van der Waals surface area contributed by atoms with E-state index in [-0.39, 0.29) is 34.8 Å². The number of ether oxygens (including phenoxy) is 1. The van der Waals surface area contributed by atoms with Crippen LogP contribution in [0, 0.1) is 6.92 Å². The summed E-state index contributed by atoms with van der Waals surface area (Å²) >= 11 is 0. The Morgan fingerprint density at radius 1 is 0.786 bits per heavy atom. The maximum Gasteiger partial charge on any atom is 0.343 e. The number of aromatic hydroxyl groups is 1. The molecule has 0 aliphatic rings. The molecule has 140 valence electrons. The van der Waals surface area contributed by atoms with Crippen molar-refractivity contribution in [2.45, 2.75) is 13.3 Å². The van der Waals surface area contributed by atoms with Gasteiger partial charge in [-0.1, -0.05) is 48.5 Å². The van der Waals surface area contributed by atoms with Crippen LogP contribution in [0.15, 0.2) is 72.8 Å². The van der Waals surface area contributed by atoms with Crippen LogP contribution in [0.2, 0.25) is 0 Å². The molecule has 0 bridgehead atoms. The summed E-state index contributed by atoms with van der Waals surface area (Å²) in [5, 5.41) is 10.4. The molecule has 3 aromatic carbocycles. The first-order valence-electron chi connectivity index (χ1n) is 8.68. The van der Waals surface area contributed by atoms with Crippen molar-refractivity contribution in [1.82, 2.24) is 0 Å². The minimum absolute atomic E-state index is 0.0151. The molecule has 3 aromatic rings. The van der Waals surface area contributed by atoms with Gasteiger partial charge in [-0.3, -0.25) is 9.59 Å². The molecule has 0 saturated carbocycles. The van der Waals surface area contributed by atoms with E-state index in [2.05, 4.69) is 0 Å². The number of phenols is 1. The number of esters is 1. The fourth-order valence-electron chi connectivity index (χ4n) is 2.72. The highest BCUT2D eigenvalue weighted by Crippen LogP contribution is 2.32. The summed E-state index contributed by atoms with van der Waals surface area (Å²) in [5.74, 6) is -1.56. The predicted octanol–water partition coefficient (Wildman–Crippen LogP) is 4.38. The third-order valence-electron chi connectivity index (χ3n) is 4.31. The third-order valence-corrected chi connectivity index (χ3v) is 4.31. The van der Waals surface area contributed by atoms with Crippen LogP contribution in [-0.2, 0) is 0 Å². The smallest absolute Gasteiger partial charge is 0.343 e. The molecule has 0 saturated heterocycles. The van der Waals surface area contributed by atoms with Gasteiger partial charge in [0.1, 0.15) is 11.5 Å². The molecular weight excluding hydrogens is 356 g/mol. The Hall–Kier alpha value is -3.73. The van der Waals surface area contributed by atoms with E-state index >= 15 is 0 Å². The average molecular weight is 374 g/mol. The summed E-state index contributed by atoms with van der Waals surface area (Å²) in [5.41, 5.74) is 1.07. The number of carbonyl (C=O) groups is 3. The van der Waals surface area contributed by atoms with Crippen molar-refractivity contribution in [3.63, 3.8) is 0 Å². The second kappa shape index (κ2) is 8.31. The first-order valence-corrected chi connectivity index (χ1v) is 8.68. The lowest BCUT2D eigenvalue weighted by Gasteiger charge is -2.12. The normalized spacial score (nSPS) is 10.3. The van der Waals surface area contributed by atoms with Crippen molar-refractivity contribution < 1.29 is 24.2 Å². The maximum absolute atomic E-state index is 12.5. The van der Waals surface area contributed by atoms with Gasteiger partial charge in [0.15, 0.2) is 11.6 Å². The van der Waals surface area contributed by atoms with Crippen molar-refractivity contribution in [3.05, 3.63) is 95.1 Å². The molecule has 3 rings (SSSR count). The van der Waals surface area contributed by atoms with Gasteiger partial charge in [0, 0.05) is 11.1 Å². The van der Waals surface area contributed by atoms with Crippen LogP contribution in [0.5, 0.6) is 11.5 Å². The molecule has 0 atom stereocenters. The van der Waals surface area contributed by atoms with E-state index in [0.717, 1.165) is 0 Å². The SMILES string of the molecule is Cc1c(OC(=O)c2ccccc2)ccc(C(=O)CC(=O)c2ccccc2)c1O. The van der Waals surface area contributed by atoms with Gasteiger partial charge in [0.2, 0.25) is 0 Å². The van der Waals surface area contributed by atoms with Gasteiger partial charge in [0.05, 0.1) is 17.5 Å². The van der Waals surface area contributed by atoms with Gasteiger partial charge in [-0.05, 0) is 31.2 Å². The number of carbonyl (C=O) groups excluding carboxylic acids is 3. The Morgan fingerprint density at radius 2 is 1.36 bits per heavy atom. The number of rotatable bonds is 6. The largest absolute Gasteiger partial charge is 0.507 e. The summed E-state index contributed by atoms with van der Waals surface area (Å²) in [6.07, 6.45) is -0.361. The molecule has 0 aliphatic carbocycles. The van der Waals surface area contributed by atoms with E-state index < -0.39 is 11.8 Å². The monoisotopic (exact) mass is 374 g/mol. The molecule has 0 radical (unpaired) electrons. The van der Waals surface area contributed by atoms with E-state index in [1.54, 1.807) is 67.6 Å². The minimum Gasteiger partial charge on any atom is -0.507 e. The standard InChI is InChI=1S/C23H18O5/c1-15-21(28-23(27)17-10-6-3-7-11-17)13-12-18(22(15)26)20(25)14-19(24)16-8-4-2-5-9-16/h2-13,26H,14H2,1H3. The Kier molecular flexibility index (Phi) is 5.65. The Labute approximate surface area is 162 Å². The zero-order valence-electron chi connectivity index (χ0n) is 15.2. The van der Waals surface area contributed by atoms with Gasteiger partial charge in [0.25, 0.3) is 0 Å². The lowest BCUT2D eigenvalue weighted by atomic mass is 9.99. The minimum atomic E-state index is -0.568. The number of ketones is 2. The van der Waals surface area contributed by atoms with Crippen molar-refractivity contribution in [3.8, 4) is 11.5 Å². The van der Waals surface area contributed by atoms with Gasteiger partial charge in [-0.25, -0.2) is 4.79 Å². The average Bonchev–Trinajstić information content (AvgIpc) is 2.72. The quantitative estimate of drug-likeness (QED) is 0.300. The molecule has 28 heavy (non-hydrogen) atoms. The van der Waals surface area contributed by atoms with E-state index in [1.165, 1.54) is 12.1 Å². The number of Topliss-reactive ketones (excluding diaryl/α,β-unsaturated/α-hetero) is 2. The molecule has 0 aliphatic heterocycles. The highest BCUT2D eigenvalue weighted by molar-refractivity contribution is 6.14. The number of hydrogen-bond donors (Lipinski definition) is 1. The lowest BCUT2D eigenvalue weighted by molar-refractivity contribution is 0.0733. The Morgan fingerprint density at radius 3 is 1.96 bits per heavy atom. The molecule has 5 heteroatoms. The van der Waals surface area contributed by atoms with Gasteiger partial charge in [-0.15, -0.1) is 0 Å². The molecule has 1 N–H and O–H groups in total. The molecule has 0 heterocycles. The third kappa shape index (κ3) is 4.15. The van der Waals surface area contributed by atoms with Crippen molar-refractivity contribution in [2.75, 3.05) is 0 Å². The predicted molar refractivity (Wildman–Crippen MR) is 104 cm³/mol. The molecular formula is C23H18O5. The van der Waals surface area contributed by atoms with E-state index in [9.17, 15) is 19.5 Å². The summed E-state index contributed by atoms with van der Waals surface area (Å²) in [6, 6.07) is 19.7. The zero-order chi connectivity index (χ0) is 20.1. The first-order chi connectivity index (χ1) is 13.5. The fourth-order valence-corrected chi connectivity index (χ4v) is 2.72. The van der Waals surface area contributed by atoms with E-state index in [1.807, 2.05) is 0 Å². The van der Waals surface area contributed by atoms with Crippen LogP contribution < -0.4 is 4.74 Å². The zero-order valence-corrected chi connectivity index (χ0v) is 15.2.